The molecule has 7 heteroatoms. The van der Waals surface area contributed by atoms with Crippen LogP contribution < -0.4 is 0 Å². The molecule has 0 N–H and O–H groups in total. The standard InChI is InChI=1S/C8H12N4O2S/c1-14-7(13)4-12-8(9-10-11-12)15-5-6-2-3-6/h6H,2-5H2,1H3. The van der Waals surface area contributed by atoms with E-state index in [2.05, 4.69) is 20.3 Å². The highest BCUT2D eigenvalue weighted by molar-refractivity contribution is 7.99. The normalized spacial score (nSPS) is 15.3. The SMILES string of the molecule is COC(=O)Cn1nnnc1SCC1CC1. The average molecular weight is 228 g/mol. The lowest BCUT2D eigenvalue weighted by Gasteiger charge is -2.01. The van der Waals surface area contributed by atoms with E-state index in [9.17, 15) is 4.79 Å². The van der Waals surface area contributed by atoms with E-state index in [4.69, 9.17) is 0 Å². The van der Waals surface area contributed by atoms with E-state index in [1.54, 1.807) is 11.8 Å². The molecule has 0 bridgehead atoms. The van der Waals surface area contributed by atoms with Crippen molar-refractivity contribution in [3.63, 3.8) is 0 Å². The van der Waals surface area contributed by atoms with Crippen molar-refractivity contribution >= 4 is 17.7 Å². The second kappa shape index (κ2) is 4.61. The lowest BCUT2D eigenvalue weighted by molar-refractivity contribution is -0.141. The number of tetrazole rings is 1. The number of rotatable bonds is 5. The Labute approximate surface area is 91.4 Å². The molecule has 82 valence electrons. The number of esters is 1. The highest BCUT2D eigenvalue weighted by Crippen LogP contribution is 2.34. The van der Waals surface area contributed by atoms with Crippen LogP contribution in [0.5, 0.6) is 0 Å². The maximum Gasteiger partial charge on any atom is 0.327 e. The van der Waals surface area contributed by atoms with Crippen molar-refractivity contribution in [2.45, 2.75) is 24.5 Å². The van der Waals surface area contributed by atoms with Gasteiger partial charge >= 0.3 is 5.97 Å². The summed E-state index contributed by atoms with van der Waals surface area (Å²) in [6.45, 7) is 0.0799. The molecule has 1 saturated carbocycles. The maximum atomic E-state index is 11.0. The Balaban J connectivity index is 1.91. The van der Waals surface area contributed by atoms with Gasteiger partial charge in [0.1, 0.15) is 6.54 Å². The van der Waals surface area contributed by atoms with E-state index < -0.39 is 0 Å². The Morgan fingerprint density at radius 3 is 3.13 bits per heavy atom. The van der Waals surface area contributed by atoms with Gasteiger partial charge in [-0.05, 0) is 29.2 Å². The number of aromatic nitrogens is 4. The Bertz CT molecular complexity index is 350. The first-order valence-corrected chi connectivity index (χ1v) is 5.74. The number of carbonyl (C=O) groups excluding carboxylic acids is 1. The fourth-order valence-corrected chi connectivity index (χ4v) is 2.13. The van der Waals surface area contributed by atoms with Gasteiger partial charge in [-0.15, -0.1) is 5.10 Å². The first-order chi connectivity index (χ1) is 7.29. The van der Waals surface area contributed by atoms with Crippen LogP contribution in [0, 0.1) is 5.92 Å². The summed E-state index contributed by atoms with van der Waals surface area (Å²) in [7, 11) is 1.35. The topological polar surface area (TPSA) is 69.9 Å². The van der Waals surface area contributed by atoms with E-state index in [0.29, 0.717) is 5.16 Å². The summed E-state index contributed by atoms with van der Waals surface area (Å²) in [6.07, 6.45) is 2.59. The minimum Gasteiger partial charge on any atom is -0.468 e. The maximum absolute atomic E-state index is 11.0. The third-order valence-electron chi connectivity index (χ3n) is 2.15. The molecule has 0 unspecified atom stereocenters. The number of hydrogen-bond acceptors (Lipinski definition) is 6. The van der Waals surface area contributed by atoms with Crippen molar-refractivity contribution < 1.29 is 9.53 Å². The number of methoxy groups -OCH3 is 1. The van der Waals surface area contributed by atoms with Gasteiger partial charge in [0.15, 0.2) is 0 Å². The molecule has 1 aromatic rings. The summed E-state index contributed by atoms with van der Waals surface area (Å²) in [5.74, 6) is 1.50. The molecule has 0 aromatic carbocycles. The first kappa shape index (κ1) is 10.4. The number of nitrogens with zero attached hydrogens (tertiary/aromatic N) is 4. The van der Waals surface area contributed by atoms with Gasteiger partial charge in [0.25, 0.3) is 0 Å². The summed E-state index contributed by atoms with van der Waals surface area (Å²) < 4.78 is 6.02. The molecule has 1 heterocycles. The lowest BCUT2D eigenvalue weighted by Crippen LogP contribution is -2.13. The Morgan fingerprint density at radius 2 is 2.47 bits per heavy atom. The molecule has 0 radical (unpaired) electrons. The summed E-state index contributed by atoms with van der Waals surface area (Å²) in [6, 6.07) is 0. The summed E-state index contributed by atoms with van der Waals surface area (Å²) >= 11 is 1.60. The largest absolute Gasteiger partial charge is 0.468 e. The molecule has 0 atom stereocenters. The second-order valence-electron chi connectivity index (χ2n) is 3.45. The van der Waals surface area contributed by atoms with Gasteiger partial charge in [0.2, 0.25) is 5.16 Å². The number of ether oxygens (including phenoxy) is 1. The molecule has 0 amide bonds. The molecule has 15 heavy (non-hydrogen) atoms. The molecule has 1 aliphatic rings. The van der Waals surface area contributed by atoms with Crippen LogP contribution >= 0.6 is 11.8 Å². The minimum atomic E-state index is -0.337. The first-order valence-electron chi connectivity index (χ1n) is 4.75. The summed E-state index contributed by atoms with van der Waals surface area (Å²) in [4.78, 5) is 11.0. The molecule has 0 aliphatic heterocycles. The van der Waals surface area contributed by atoms with Crippen molar-refractivity contribution in [1.82, 2.24) is 20.2 Å². The van der Waals surface area contributed by atoms with E-state index in [1.807, 2.05) is 0 Å². The number of thioether (sulfide) groups is 1. The van der Waals surface area contributed by atoms with Crippen LogP contribution in [0.4, 0.5) is 0 Å². The molecular weight excluding hydrogens is 216 g/mol. The average Bonchev–Trinajstić information content (AvgIpc) is 2.97. The molecule has 6 nitrogen and oxygen atoms in total. The van der Waals surface area contributed by atoms with Crippen LogP contribution in [0.2, 0.25) is 0 Å². The second-order valence-corrected chi connectivity index (χ2v) is 4.44. The quantitative estimate of drug-likeness (QED) is 0.535. The smallest absolute Gasteiger partial charge is 0.327 e. The van der Waals surface area contributed by atoms with Gasteiger partial charge in [-0.1, -0.05) is 11.8 Å². The molecule has 0 saturated heterocycles. The zero-order valence-electron chi connectivity index (χ0n) is 8.42. The van der Waals surface area contributed by atoms with Crippen LogP contribution in [0.15, 0.2) is 5.16 Å². The van der Waals surface area contributed by atoms with Crippen molar-refractivity contribution in [2.75, 3.05) is 12.9 Å². The molecule has 1 aromatic heterocycles. The fraction of sp³-hybridized carbons (Fsp3) is 0.750. The van der Waals surface area contributed by atoms with Gasteiger partial charge in [0, 0.05) is 5.75 Å². The molecule has 1 fully saturated rings. The Hall–Kier alpha value is -1.11. The van der Waals surface area contributed by atoms with Gasteiger partial charge in [-0.3, -0.25) is 4.79 Å². The van der Waals surface area contributed by atoms with E-state index in [1.165, 1.54) is 24.6 Å². The van der Waals surface area contributed by atoms with Crippen molar-refractivity contribution in [2.24, 2.45) is 5.92 Å². The molecule has 1 aliphatic carbocycles. The molecular formula is C8H12N4O2S. The fourth-order valence-electron chi connectivity index (χ4n) is 1.06. The van der Waals surface area contributed by atoms with E-state index in [0.717, 1.165) is 11.7 Å². The predicted molar refractivity (Wildman–Crippen MR) is 53.3 cm³/mol. The third-order valence-corrected chi connectivity index (χ3v) is 3.34. The van der Waals surface area contributed by atoms with Gasteiger partial charge in [0.05, 0.1) is 7.11 Å². The van der Waals surface area contributed by atoms with Gasteiger partial charge < -0.3 is 4.74 Å². The molecule has 2 rings (SSSR count). The number of carbonyl (C=O) groups is 1. The Kier molecular flexibility index (Phi) is 3.20. The van der Waals surface area contributed by atoms with Crippen LogP contribution in [-0.2, 0) is 16.1 Å². The van der Waals surface area contributed by atoms with Crippen LogP contribution in [-0.4, -0.2) is 39.0 Å². The van der Waals surface area contributed by atoms with Crippen LogP contribution in [0.3, 0.4) is 0 Å². The van der Waals surface area contributed by atoms with E-state index >= 15 is 0 Å². The molecule has 0 spiro atoms. The van der Waals surface area contributed by atoms with Gasteiger partial charge in [-0.25, -0.2) is 4.68 Å². The zero-order chi connectivity index (χ0) is 10.7. The lowest BCUT2D eigenvalue weighted by atomic mass is 10.5. The van der Waals surface area contributed by atoms with Gasteiger partial charge in [-0.2, -0.15) is 0 Å². The third kappa shape index (κ3) is 2.92. The van der Waals surface area contributed by atoms with Crippen molar-refractivity contribution in [1.29, 1.82) is 0 Å². The predicted octanol–water partition coefficient (Wildman–Crippen LogP) is 0.348. The highest BCUT2D eigenvalue weighted by atomic mass is 32.2. The van der Waals surface area contributed by atoms with Crippen LogP contribution in [0.1, 0.15) is 12.8 Å². The number of hydrogen-bond donors (Lipinski definition) is 0. The summed E-state index contributed by atoms with van der Waals surface area (Å²) in [5.41, 5.74) is 0. The minimum absolute atomic E-state index is 0.0799. The van der Waals surface area contributed by atoms with Crippen molar-refractivity contribution in [3.05, 3.63) is 0 Å². The zero-order valence-corrected chi connectivity index (χ0v) is 9.24. The summed E-state index contributed by atoms with van der Waals surface area (Å²) in [5, 5.41) is 11.8. The highest BCUT2D eigenvalue weighted by Gasteiger charge is 2.22. The Morgan fingerprint density at radius 1 is 1.67 bits per heavy atom. The van der Waals surface area contributed by atoms with E-state index in [-0.39, 0.29) is 12.5 Å². The van der Waals surface area contributed by atoms with Crippen LogP contribution in [0.25, 0.3) is 0 Å². The monoisotopic (exact) mass is 228 g/mol. The van der Waals surface area contributed by atoms with Crippen molar-refractivity contribution in [3.8, 4) is 0 Å².